The SMILES string of the molecule is COc1cccc(C(=O)N2CC(=O)Nc3ccc(Cl)cc3C2c2cccs2)c1OC. The van der Waals surface area contributed by atoms with Crippen LogP contribution in [0, 0.1) is 0 Å². The van der Waals surface area contributed by atoms with Gasteiger partial charge in [0, 0.05) is 21.2 Å². The average molecular weight is 443 g/mol. The molecular formula is C22H19ClN2O4S. The lowest BCUT2D eigenvalue weighted by Crippen LogP contribution is -2.38. The van der Waals surface area contributed by atoms with Crippen LogP contribution in [-0.4, -0.2) is 37.5 Å². The van der Waals surface area contributed by atoms with Gasteiger partial charge in [0.25, 0.3) is 5.91 Å². The van der Waals surface area contributed by atoms with Gasteiger partial charge in [-0.05, 0) is 41.8 Å². The van der Waals surface area contributed by atoms with Gasteiger partial charge in [-0.25, -0.2) is 0 Å². The molecule has 1 unspecified atom stereocenters. The van der Waals surface area contributed by atoms with E-state index in [1.54, 1.807) is 41.3 Å². The van der Waals surface area contributed by atoms with E-state index in [1.165, 1.54) is 25.6 Å². The van der Waals surface area contributed by atoms with Crippen LogP contribution in [0.5, 0.6) is 11.5 Å². The molecule has 0 saturated heterocycles. The summed E-state index contributed by atoms with van der Waals surface area (Å²) < 4.78 is 10.8. The minimum atomic E-state index is -0.485. The number of carbonyl (C=O) groups is 2. The maximum absolute atomic E-state index is 13.7. The van der Waals surface area contributed by atoms with E-state index in [9.17, 15) is 9.59 Å². The Balaban J connectivity index is 1.89. The molecule has 1 N–H and O–H groups in total. The minimum Gasteiger partial charge on any atom is -0.493 e. The van der Waals surface area contributed by atoms with Gasteiger partial charge in [-0.3, -0.25) is 9.59 Å². The van der Waals surface area contributed by atoms with Crippen molar-refractivity contribution in [3.63, 3.8) is 0 Å². The summed E-state index contributed by atoms with van der Waals surface area (Å²) in [5, 5.41) is 5.35. The fourth-order valence-corrected chi connectivity index (χ4v) is 4.67. The maximum atomic E-state index is 13.7. The number of benzene rings is 2. The number of amides is 2. The molecule has 0 spiro atoms. The number of hydrogen-bond acceptors (Lipinski definition) is 5. The third-order valence-electron chi connectivity index (χ3n) is 4.91. The summed E-state index contributed by atoms with van der Waals surface area (Å²) in [4.78, 5) is 28.9. The van der Waals surface area contributed by atoms with E-state index in [-0.39, 0.29) is 18.4 Å². The van der Waals surface area contributed by atoms with E-state index < -0.39 is 6.04 Å². The summed E-state index contributed by atoms with van der Waals surface area (Å²) in [5.74, 6) is 0.143. The van der Waals surface area contributed by atoms with Crippen molar-refractivity contribution in [2.75, 3.05) is 26.1 Å². The monoisotopic (exact) mass is 442 g/mol. The standard InChI is InChI=1S/C22H19ClN2O4S/c1-28-17-6-3-5-14(21(17)29-2)22(27)25-12-19(26)24-16-9-8-13(23)11-15(16)20(25)18-7-4-10-30-18/h3-11,20H,12H2,1-2H3,(H,24,26). The molecule has 1 aliphatic heterocycles. The number of fused-ring (bicyclic) bond motifs is 1. The first-order valence-corrected chi connectivity index (χ1v) is 10.4. The van der Waals surface area contributed by atoms with Crippen molar-refractivity contribution in [3.05, 3.63) is 74.9 Å². The predicted octanol–water partition coefficient (Wildman–Crippen LogP) is 4.60. The highest BCUT2D eigenvalue weighted by Crippen LogP contribution is 2.41. The lowest BCUT2D eigenvalue weighted by molar-refractivity contribution is -0.117. The Kier molecular flexibility index (Phi) is 5.65. The molecular weight excluding hydrogens is 424 g/mol. The molecule has 2 heterocycles. The van der Waals surface area contributed by atoms with Crippen molar-refractivity contribution in [1.29, 1.82) is 0 Å². The van der Waals surface area contributed by atoms with Crippen LogP contribution >= 0.6 is 22.9 Å². The van der Waals surface area contributed by atoms with Crippen molar-refractivity contribution < 1.29 is 19.1 Å². The van der Waals surface area contributed by atoms with Crippen molar-refractivity contribution in [2.24, 2.45) is 0 Å². The number of thiophene rings is 1. The first-order chi connectivity index (χ1) is 14.5. The quantitative estimate of drug-likeness (QED) is 0.641. The van der Waals surface area contributed by atoms with Crippen molar-refractivity contribution >= 4 is 40.4 Å². The molecule has 1 atom stereocenters. The number of anilines is 1. The third-order valence-corrected chi connectivity index (χ3v) is 6.07. The van der Waals surface area contributed by atoms with Crippen molar-refractivity contribution in [1.82, 2.24) is 4.90 Å². The molecule has 154 valence electrons. The van der Waals surface area contributed by atoms with Crippen LogP contribution < -0.4 is 14.8 Å². The molecule has 2 aromatic carbocycles. The number of methoxy groups -OCH3 is 2. The van der Waals surface area contributed by atoms with E-state index >= 15 is 0 Å². The van der Waals surface area contributed by atoms with Crippen molar-refractivity contribution in [2.45, 2.75) is 6.04 Å². The van der Waals surface area contributed by atoms with Gasteiger partial charge in [0.05, 0.1) is 25.8 Å². The lowest BCUT2D eigenvalue weighted by atomic mass is 10.0. The summed E-state index contributed by atoms with van der Waals surface area (Å²) in [6.45, 7) is -0.117. The Bertz CT molecular complexity index is 1100. The Morgan fingerprint density at radius 1 is 1.17 bits per heavy atom. The molecule has 0 bridgehead atoms. The molecule has 4 rings (SSSR count). The Labute approximate surface area is 183 Å². The van der Waals surface area contributed by atoms with E-state index in [1.807, 2.05) is 17.5 Å². The van der Waals surface area contributed by atoms with Crippen LogP contribution in [0.4, 0.5) is 5.69 Å². The molecule has 0 aliphatic carbocycles. The van der Waals surface area contributed by atoms with E-state index in [0.29, 0.717) is 27.8 Å². The van der Waals surface area contributed by atoms with Gasteiger partial charge >= 0.3 is 0 Å². The number of halogens is 1. The van der Waals surface area contributed by atoms with Gasteiger partial charge in [-0.15, -0.1) is 11.3 Å². The highest BCUT2D eigenvalue weighted by molar-refractivity contribution is 7.10. The van der Waals surface area contributed by atoms with E-state index in [0.717, 1.165) is 10.4 Å². The molecule has 1 aromatic heterocycles. The van der Waals surface area contributed by atoms with Gasteiger partial charge in [0.2, 0.25) is 5.91 Å². The lowest BCUT2D eigenvalue weighted by Gasteiger charge is -2.30. The zero-order valence-electron chi connectivity index (χ0n) is 16.3. The molecule has 6 nitrogen and oxygen atoms in total. The van der Waals surface area contributed by atoms with Crippen LogP contribution in [0.1, 0.15) is 26.8 Å². The molecule has 30 heavy (non-hydrogen) atoms. The highest BCUT2D eigenvalue weighted by Gasteiger charge is 2.36. The number of hydrogen-bond donors (Lipinski definition) is 1. The minimum absolute atomic E-state index is 0.117. The first-order valence-electron chi connectivity index (χ1n) is 9.18. The number of ether oxygens (including phenoxy) is 2. The van der Waals surface area contributed by atoms with Crippen LogP contribution in [0.2, 0.25) is 5.02 Å². The molecule has 1 aliphatic rings. The average Bonchev–Trinajstić information content (AvgIpc) is 3.23. The normalized spacial score (nSPS) is 15.8. The second-order valence-corrected chi connectivity index (χ2v) is 8.09. The molecule has 8 heteroatoms. The molecule has 0 radical (unpaired) electrons. The molecule has 2 amide bonds. The second kappa shape index (κ2) is 8.38. The summed E-state index contributed by atoms with van der Waals surface area (Å²) in [5.41, 5.74) is 1.71. The Hall–Kier alpha value is -3.03. The smallest absolute Gasteiger partial charge is 0.259 e. The number of para-hydroxylation sites is 1. The highest BCUT2D eigenvalue weighted by atomic mass is 35.5. The van der Waals surface area contributed by atoms with E-state index in [4.69, 9.17) is 21.1 Å². The maximum Gasteiger partial charge on any atom is 0.259 e. The van der Waals surface area contributed by atoms with Crippen LogP contribution in [0.25, 0.3) is 0 Å². The van der Waals surface area contributed by atoms with Gasteiger partial charge in [0.15, 0.2) is 11.5 Å². The predicted molar refractivity (Wildman–Crippen MR) is 117 cm³/mol. The largest absolute Gasteiger partial charge is 0.493 e. The fraction of sp³-hybridized carbons (Fsp3) is 0.182. The number of rotatable bonds is 4. The molecule has 0 saturated carbocycles. The zero-order valence-corrected chi connectivity index (χ0v) is 17.9. The summed E-state index contributed by atoms with van der Waals surface area (Å²) >= 11 is 7.79. The second-order valence-electron chi connectivity index (χ2n) is 6.67. The number of nitrogens with one attached hydrogen (secondary N) is 1. The van der Waals surface area contributed by atoms with Crippen LogP contribution in [0.15, 0.2) is 53.9 Å². The fourth-order valence-electron chi connectivity index (χ4n) is 3.63. The van der Waals surface area contributed by atoms with Crippen molar-refractivity contribution in [3.8, 4) is 11.5 Å². The van der Waals surface area contributed by atoms with E-state index in [2.05, 4.69) is 5.32 Å². The molecule has 3 aromatic rings. The van der Waals surface area contributed by atoms with Crippen LogP contribution in [0.3, 0.4) is 0 Å². The third kappa shape index (κ3) is 3.62. The summed E-state index contributed by atoms with van der Waals surface area (Å²) in [6.07, 6.45) is 0. The number of carbonyl (C=O) groups excluding carboxylic acids is 2. The number of nitrogens with zero attached hydrogens (tertiary/aromatic N) is 1. The Morgan fingerprint density at radius 3 is 2.70 bits per heavy atom. The van der Waals surface area contributed by atoms with Gasteiger partial charge in [0.1, 0.15) is 6.54 Å². The summed E-state index contributed by atoms with van der Waals surface area (Å²) in [7, 11) is 2.99. The van der Waals surface area contributed by atoms with Gasteiger partial charge in [-0.1, -0.05) is 23.7 Å². The zero-order chi connectivity index (χ0) is 21.3. The molecule has 0 fully saturated rings. The van der Waals surface area contributed by atoms with Crippen LogP contribution in [-0.2, 0) is 4.79 Å². The summed E-state index contributed by atoms with van der Waals surface area (Å²) in [6, 6.07) is 13.7. The first kappa shape index (κ1) is 20.3. The topological polar surface area (TPSA) is 67.9 Å². The van der Waals surface area contributed by atoms with Gasteiger partial charge < -0.3 is 19.7 Å². The van der Waals surface area contributed by atoms with Gasteiger partial charge in [-0.2, -0.15) is 0 Å². The Morgan fingerprint density at radius 2 is 2.00 bits per heavy atom.